The van der Waals surface area contributed by atoms with Crippen LogP contribution in [-0.2, 0) is 6.18 Å². The van der Waals surface area contributed by atoms with Gasteiger partial charge in [-0.05, 0) is 24.3 Å². The van der Waals surface area contributed by atoms with Gasteiger partial charge in [-0.15, -0.1) is 0 Å². The maximum absolute atomic E-state index is 12.9. The van der Waals surface area contributed by atoms with Crippen LogP contribution in [0.3, 0.4) is 0 Å². The Hall–Kier alpha value is -2.61. The summed E-state index contributed by atoms with van der Waals surface area (Å²) in [5, 5.41) is 0.175. The van der Waals surface area contributed by atoms with E-state index >= 15 is 0 Å². The van der Waals surface area contributed by atoms with E-state index in [9.17, 15) is 18.0 Å². The SMILES string of the molecule is O=c1cc(-c2ccc(Br)cc2)oc2c1ccc1[nH]c(C(F)(F)F)nc12. The number of aromatic nitrogens is 2. The molecule has 0 aliphatic heterocycles. The van der Waals surface area contributed by atoms with Crippen molar-refractivity contribution in [2.75, 3.05) is 0 Å². The highest BCUT2D eigenvalue weighted by Crippen LogP contribution is 2.32. The van der Waals surface area contributed by atoms with Gasteiger partial charge in [0.1, 0.15) is 11.3 Å². The Morgan fingerprint density at radius 1 is 1.08 bits per heavy atom. The number of benzene rings is 2. The summed E-state index contributed by atoms with van der Waals surface area (Å²) < 4.78 is 45.3. The van der Waals surface area contributed by atoms with Crippen molar-refractivity contribution in [3.05, 3.63) is 63.0 Å². The van der Waals surface area contributed by atoms with E-state index < -0.39 is 12.0 Å². The van der Waals surface area contributed by atoms with Crippen LogP contribution >= 0.6 is 15.9 Å². The third kappa shape index (κ3) is 2.72. The van der Waals surface area contributed by atoms with E-state index in [1.807, 2.05) is 0 Å². The first-order chi connectivity index (χ1) is 11.8. The van der Waals surface area contributed by atoms with Crippen molar-refractivity contribution in [3.8, 4) is 11.3 Å². The Bertz CT molecular complexity index is 1160. The first kappa shape index (κ1) is 15.9. The van der Waals surface area contributed by atoms with Crippen LogP contribution in [0.1, 0.15) is 5.82 Å². The minimum atomic E-state index is -4.62. The number of H-pyrrole nitrogens is 1. The molecule has 0 aliphatic rings. The molecule has 2 aromatic carbocycles. The Balaban J connectivity index is 2.02. The monoisotopic (exact) mass is 408 g/mol. The van der Waals surface area contributed by atoms with Gasteiger partial charge in [0.05, 0.1) is 10.9 Å². The third-order valence-corrected chi connectivity index (χ3v) is 4.27. The molecule has 4 aromatic rings. The lowest BCUT2D eigenvalue weighted by Gasteiger charge is -2.04. The molecule has 1 N–H and O–H groups in total. The van der Waals surface area contributed by atoms with Crippen LogP contribution in [0.25, 0.3) is 33.3 Å². The second-order valence-electron chi connectivity index (χ2n) is 5.40. The number of hydrogen-bond donors (Lipinski definition) is 1. The Morgan fingerprint density at radius 3 is 2.48 bits per heavy atom. The third-order valence-electron chi connectivity index (χ3n) is 3.75. The highest BCUT2D eigenvalue weighted by Gasteiger charge is 2.35. The summed E-state index contributed by atoms with van der Waals surface area (Å²) in [6.45, 7) is 0. The number of fused-ring (bicyclic) bond motifs is 3. The van der Waals surface area contributed by atoms with E-state index in [1.54, 1.807) is 24.3 Å². The zero-order valence-electron chi connectivity index (χ0n) is 12.3. The van der Waals surface area contributed by atoms with Crippen molar-refractivity contribution in [2.24, 2.45) is 0 Å². The quantitative estimate of drug-likeness (QED) is 0.475. The molecule has 0 aliphatic carbocycles. The fraction of sp³-hybridized carbons (Fsp3) is 0.0588. The second-order valence-corrected chi connectivity index (χ2v) is 6.32. The van der Waals surface area contributed by atoms with Crippen molar-refractivity contribution in [1.29, 1.82) is 0 Å². The van der Waals surface area contributed by atoms with E-state index in [4.69, 9.17) is 4.42 Å². The fourth-order valence-corrected chi connectivity index (χ4v) is 2.84. The topological polar surface area (TPSA) is 58.9 Å². The number of rotatable bonds is 1. The van der Waals surface area contributed by atoms with Gasteiger partial charge in [-0.1, -0.05) is 28.1 Å². The molecule has 2 heterocycles. The summed E-state index contributed by atoms with van der Waals surface area (Å²) in [6.07, 6.45) is -4.62. The number of alkyl halides is 3. The van der Waals surface area contributed by atoms with E-state index in [1.165, 1.54) is 18.2 Å². The maximum Gasteiger partial charge on any atom is 0.449 e. The molecule has 0 amide bonds. The van der Waals surface area contributed by atoms with Crippen LogP contribution in [0.2, 0.25) is 0 Å². The lowest BCUT2D eigenvalue weighted by Crippen LogP contribution is -2.06. The smallest absolute Gasteiger partial charge is 0.449 e. The summed E-state index contributed by atoms with van der Waals surface area (Å²) >= 11 is 3.31. The molecule has 4 nitrogen and oxygen atoms in total. The Morgan fingerprint density at radius 2 is 1.80 bits per heavy atom. The van der Waals surface area contributed by atoms with Crippen LogP contribution in [-0.4, -0.2) is 9.97 Å². The highest BCUT2D eigenvalue weighted by molar-refractivity contribution is 9.10. The molecule has 25 heavy (non-hydrogen) atoms. The maximum atomic E-state index is 12.9. The zero-order valence-corrected chi connectivity index (χ0v) is 13.9. The minimum absolute atomic E-state index is 0.0228. The summed E-state index contributed by atoms with van der Waals surface area (Å²) in [7, 11) is 0. The van der Waals surface area contributed by atoms with Crippen LogP contribution in [0.4, 0.5) is 13.2 Å². The van der Waals surface area contributed by atoms with Gasteiger partial charge in [-0.2, -0.15) is 13.2 Å². The van der Waals surface area contributed by atoms with E-state index in [-0.39, 0.29) is 33.2 Å². The molecular formula is C17H8BrF3N2O2. The molecule has 126 valence electrons. The molecular weight excluding hydrogens is 401 g/mol. The Labute approximate surface area is 146 Å². The largest absolute Gasteiger partial charge is 0.453 e. The zero-order chi connectivity index (χ0) is 17.8. The van der Waals surface area contributed by atoms with Crippen molar-refractivity contribution in [2.45, 2.75) is 6.18 Å². The Kier molecular flexibility index (Phi) is 3.47. The van der Waals surface area contributed by atoms with Gasteiger partial charge in [0, 0.05) is 16.1 Å². The standard InChI is InChI=1S/C17H8BrF3N2O2/c18-9-3-1-8(2-4-9)13-7-12(24)10-5-6-11-14(15(10)25-13)23-16(22-11)17(19,20)21/h1-7H,(H,22,23). The molecule has 0 atom stereocenters. The van der Waals surface area contributed by atoms with Gasteiger partial charge < -0.3 is 9.40 Å². The predicted octanol–water partition coefficient (Wildman–Crippen LogP) is 5.12. The lowest BCUT2D eigenvalue weighted by molar-refractivity contribution is -0.144. The second kappa shape index (κ2) is 5.45. The van der Waals surface area contributed by atoms with Crippen molar-refractivity contribution >= 4 is 37.9 Å². The molecule has 0 bridgehead atoms. The number of nitrogens with one attached hydrogen (secondary N) is 1. The number of aromatic amines is 1. The van der Waals surface area contributed by atoms with Crippen LogP contribution in [0.15, 0.2) is 56.1 Å². The molecule has 0 spiro atoms. The first-order valence-corrected chi connectivity index (χ1v) is 7.92. The molecule has 0 unspecified atom stereocenters. The van der Waals surface area contributed by atoms with Gasteiger partial charge >= 0.3 is 6.18 Å². The van der Waals surface area contributed by atoms with Crippen LogP contribution in [0, 0.1) is 0 Å². The molecule has 0 fully saturated rings. The van der Waals surface area contributed by atoms with Gasteiger partial charge in [-0.25, -0.2) is 4.98 Å². The number of imidazole rings is 1. The molecule has 4 rings (SSSR count). The minimum Gasteiger partial charge on any atom is -0.453 e. The average Bonchev–Trinajstić information content (AvgIpc) is 3.00. The summed E-state index contributed by atoms with van der Waals surface area (Å²) in [5.41, 5.74) is 0.426. The molecule has 8 heteroatoms. The lowest BCUT2D eigenvalue weighted by atomic mass is 10.1. The summed E-state index contributed by atoms with van der Waals surface area (Å²) in [4.78, 5) is 18.1. The van der Waals surface area contributed by atoms with Crippen molar-refractivity contribution in [3.63, 3.8) is 0 Å². The van der Waals surface area contributed by atoms with Gasteiger partial charge in [0.15, 0.2) is 11.0 Å². The normalized spacial score (nSPS) is 12.2. The fourth-order valence-electron chi connectivity index (χ4n) is 2.57. The summed E-state index contributed by atoms with van der Waals surface area (Å²) in [6, 6.07) is 11.1. The average molecular weight is 409 g/mol. The van der Waals surface area contributed by atoms with Crippen LogP contribution < -0.4 is 5.43 Å². The van der Waals surface area contributed by atoms with E-state index in [0.717, 1.165) is 4.47 Å². The van der Waals surface area contributed by atoms with E-state index in [2.05, 4.69) is 25.9 Å². The first-order valence-electron chi connectivity index (χ1n) is 7.12. The number of halogens is 4. The molecule has 2 aromatic heterocycles. The predicted molar refractivity (Wildman–Crippen MR) is 90.3 cm³/mol. The van der Waals surface area contributed by atoms with Gasteiger partial charge in [-0.3, -0.25) is 4.79 Å². The van der Waals surface area contributed by atoms with E-state index in [0.29, 0.717) is 5.56 Å². The van der Waals surface area contributed by atoms with Crippen LogP contribution in [0.5, 0.6) is 0 Å². The van der Waals surface area contributed by atoms with Gasteiger partial charge in [0.25, 0.3) is 0 Å². The molecule has 0 saturated carbocycles. The summed E-state index contributed by atoms with van der Waals surface area (Å²) in [5.74, 6) is -0.874. The highest BCUT2D eigenvalue weighted by atomic mass is 79.9. The number of nitrogens with zero attached hydrogens (tertiary/aromatic N) is 1. The van der Waals surface area contributed by atoms with Gasteiger partial charge in [0.2, 0.25) is 5.82 Å². The van der Waals surface area contributed by atoms with Crippen molar-refractivity contribution in [1.82, 2.24) is 9.97 Å². The molecule has 0 radical (unpaired) electrons. The van der Waals surface area contributed by atoms with Crippen molar-refractivity contribution < 1.29 is 17.6 Å². The number of hydrogen-bond acceptors (Lipinski definition) is 3. The molecule has 0 saturated heterocycles.